The van der Waals surface area contributed by atoms with Crippen LogP contribution in [0.1, 0.15) is 29.8 Å². The van der Waals surface area contributed by atoms with E-state index < -0.39 is 6.10 Å². The molecular weight excluding hydrogens is 256 g/mol. The lowest BCUT2D eigenvalue weighted by Gasteiger charge is -2.11. The number of aryl methyl sites for hydroxylation is 1. The molecule has 0 aliphatic rings. The van der Waals surface area contributed by atoms with Crippen LogP contribution in [0.2, 0.25) is 0 Å². The van der Waals surface area contributed by atoms with Crippen LogP contribution in [0, 0.1) is 6.92 Å². The molecule has 20 heavy (non-hydrogen) atoms. The van der Waals surface area contributed by atoms with Crippen LogP contribution in [0.25, 0.3) is 10.9 Å². The first-order valence-electron chi connectivity index (χ1n) is 6.49. The number of ether oxygens (including phenoxy) is 1. The lowest BCUT2D eigenvalue weighted by molar-refractivity contribution is -0.139. The minimum Gasteiger partial charge on any atom is -0.469 e. The highest BCUT2D eigenvalue weighted by Gasteiger charge is 2.20. The van der Waals surface area contributed by atoms with Gasteiger partial charge in [-0.3, -0.25) is 4.79 Å². The number of carbonyl (C=O) groups excluding carboxylic acids is 1. The van der Waals surface area contributed by atoms with Gasteiger partial charge in [0.1, 0.15) is 0 Å². The van der Waals surface area contributed by atoms with Crippen LogP contribution in [0.15, 0.2) is 12.1 Å². The quantitative estimate of drug-likeness (QED) is 0.662. The number of anilines is 1. The molecule has 0 aliphatic heterocycles. The van der Waals surface area contributed by atoms with Crippen LogP contribution < -0.4 is 5.73 Å². The third-order valence-electron chi connectivity index (χ3n) is 3.86. The Morgan fingerprint density at radius 3 is 2.70 bits per heavy atom. The normalized spacial score (nSPS) is 12.7. The average Bonchev–Trinajstić information content (AvgIpc) is 2.64. The first-order chi connectivity index (χ1) is 9.38. The van der Waals surface area contributed by atoms with E-state index in [9.17, 15) is 9.90 Å². The fraction of sp³-hybridized carbons (Fsp3) is 0.400. The Bertz CT molecular complexity index is 672. The van der Waals surface area contributed by atoms with Crippen molar-refractivity contribution in [2.45, 2.75) is 26.4 Å². The summed E-state index contributed by atoms with van der Waals surface area (Å²) in [4.78, 5) is 11.6. The molecule has 108 valence electrons. The molecule has 1 aromatic carbocycles. The standard InChI is InChI=1S/C15H20N2O3/c1-8-11(7-13(19)20-4)14-12(17(8)3)6-5-10(9(2)18)15(14)16/h5-6,9,18H,7,16H2,1-4H3. The Kier molecular flexibility index (Phi) is 3.72. The molecule has 0 spiro atoms. The highest BCUT2D eigenvalue weighted by molar-refractivity contribution is 5.99. The van der Waals surface area contributed by atoms with Gasteiger partial charge in [-0.25, -0.2) is 0 Å². The van der Waals surface area contributed by atoms with E-state index >= 15 is 0 Å². The van der Waals surface area contributed by atoms with Crippen molar-refractivity contribution in [1.82, 2.24) is 4.57 Å². The Labute approximate surface area is 117 Å². The zero-order valence-electron chi connectivity index (χ0n) is 12.2. The van der Waals surface area contributed by atoms with E-state index in [1.54, 1.807) is 6.92 Å². The number of nitrogens with zero attached hydrogens (tertiary/aromatic N) is 1. The number of carbonyl (C=O) groups is 1. The number of fused-ring (bicyclic) bond motifs is 1. The van der Waals surface area contributed by atoms with Crippen LogP contribution >= 0.6 is 0 Å². The molecule has 0 aliphatic carbocycles. The van der Waals surface area contributed by atoms with Crippen LogP contribution in [-0.4, -0.2) is 22.8 Å². The summed E-state index contributed by atoms with van der Waals surface area (Å²) in [7, 11) is 3.30. The molecular formula is C15H20N2O3. The molecule has 0 bridgehead atoms. The van der Waals surface area contributed by atoms with Gasteiger partial charge in [-0.05, 0) is 25.5 Å². The van der Waals surface area contributed by atoms with E-state index in [1.807, 2.05) is 30.7 Å². The van der Waals surface area contributed by atoms with E-state index in [0.717, 1.165) is 22.2 Å². The molecule has 0 amide bonds. The number of nitrogens with two attached hydrogens (primary N) is 1. The average molecular weight is 276 g/mol. The molecule has 1 aromatic heterocycles. The summed E-state index contributed by atoms with van der Waals surface area (Å²) in [5, 5.41) is 10.6. The van der Waals surface area contributed by atoms with Crippen molar-refractivity contribution in [1.29, 1.82) is 0 Å². The van der Waals surface area contributed by atoms with Gasteiger partial charge in [0.15, 0.2) is 0 Å². The molecule has 1 atom stereocenters. The number of hydrogen-bond donors (Lipinski definition) is 2. The number of aliphatic hydroxyl groups excluding tert-OH is 1. The fourth-order valence-electron chi connectivity index (χ4n) is 2.58. The maximum Gasteiger partial charge on any atom is 0.310 e. The van der Waals surface area contributed by atoms with E-state index in [1.165, 1.54) is 7.11 Å². The predicted octanol–water partition coefficient (Wildman–Crippen LogP) is 1.84. The summed E-state index contributed by atoms with van der Waals surface area (Å²) < 4.78 is 6.74. The Morgan fingerprint density at radius 2 is 2.15 bits per heavy atom. The maximum absolute atomic E-state index is 11.6. The second kappa shape index (κ2) is 5.17. The fourth-order valence-corrected chi connectivity index (χ4v) is 2.58. The summed E-state index contributed by atoms with van der Waals surface area (Å²) in [5.41, 5.74) is 10.2. The monoisotopic (exact) mass is 276 g/mol. The van der Waals surface area contributed by atoms with E-state index in [2.05, 4.69) is 0 Å². The minimum atomic E-state index is -0.647. The second-order valence-electron chi connectivity index (χ2n) is 5.01. The van der Waals surface area contributed by atoms with Crippen molar-refractivity contribution in [2.75, 3.05) is 12.8 Å². The number of aliphatic hydroxyl groups is 1. The third-order valence-corrected chi connectivity index (χ3v) is 3.86. The van der Waals surface area contributed by atoms with Gasteiger partial charge in [0, 0.05) is 29.4 Å². The lowest BCUT2D eigenvalue weighted by Crippen LogP contribution is -2.06. The van der Waals surface area contributed by atoms with Crippen molar-refractivity contribution in [3.05, 3.63) is 29.0 Å². The van der Waals surface area contributed by atoms with Gasteiger partial charge in [-0.2, -0.15) is 0 Å². The van der Waals surface area contributed by atoms with Gasteiger partial charge in [0.2, 0.25) is 0 Å². The number of nitrogen functional groups attached to an aromatic ring is 1. The van der Waals surface area contributed by atoms with E-state index in [0.29, 0.717) is 11.3 Å². The predicted molar refractivity (Wildman–Crippen MR) is 78.4 cm³/mol. The zero-order valence-corrected chi connectivity index (χ0v) is 12.2. The molecule has 1 unspecified atom stereocenters. The Hall–Kier alpha value is -2.01. The number of aromatic nitrogens is 1. The zero-order chi connectivity index (χ0) is 15.0. The highest BCUT2D eigenvalue weighted by Crippen LogP contribution is 2.34. The van der Waals surface area contributed by atoms with Crippen molar-refractivity contribution >= 4 is 22.6 Å². The number of hydrogen-bond acceptors (Lipinski definition) is 4. The minimum absolute atomic E-state index is 0.174. The second-order valence-corrected chi connectivity index (χ2v) is 5.01. The van der Waals surface area contributed by atoms with E-state index in [-0.39, 0.29) is 12.4 Å². The summed E-state index contributed by atoms with van der Waals surface area (Å²) in [6, 6.07) is 3.74. The van der Waals surface area contributed by atoms with E-state index in [4.69, 9.17) is 10.5 Å². The molecule has 5 heteroatoms. The number of methoxy groups -OCH3 is 1. The topological polar surface area (TPSA) is 77.5 Å². The molecule has 1 heterocycles. The van der Waals surface area contributed by atoms with Crippen molar-refractivity contribution < 1.29 is 14.6 Å². The van der Waals surface area contributed by atoms with Gasteiger partial charge in [0.05, 0.1) is 25.2 Å². The summed E-state index contributed by atoms with van der Waals surface area (Å²) in [6.07, 6.45) is -0.474. The molecule has 5 nitrogen and oxygen atoms in total. The molecule has 0 radical (unpaired) electrons. The Balaban J connectivity index is 2.75. The van der Waals surface area contributed by atoms with Gasteiger partial charge in [-0.1, -0.05) is 6.07 Å². The van der Waals surface area contributed by atoms with Gasteiger partial charge >= 0.3 is 5.97 Å². The van der Waals surface area contributed by atoms with Crippen molar-refractivity contribution in [2.24, 2.45) is 7.05 Å². The van der Waals surface area contributed by atoms with Gasteiger partial charge < -0.3 is 20.1 Å². The number of benzene rings is 1. The molecule has 0 saturated carbocycles. The summed E-state index contributed by atoms with van der Waals surface area (Å²) >= 11 is 0. The van der Waals surface area contributed by atoms with Crippen LogP contribution in [0.4, 0.5) is 5.69 Å². The SMILES string of the molecule is COC(=O)Cc1c(C)n(C)c2ccc(C(C)O)c(N)c12. The van der Waals surface area contributed by atoms with Gasteiger partial charge in [-0.15, -0.1) is 0 Å². The lowest BCUT2D eigenvalue weighted by atomic mass is 10.0. The molecule has 3 N–H and O–H groups in total. The molecule has 2 rings (SSSR count). The molecule has 0 fully saturated rings. The van der Waals surface area contributed by atoms with Gasteiger partial charge in [0.25, 0.3) is 0 Å². The van der Waals surface area contributed by atoms with Crippen molar-refractivity contribution in [3.8, 4) is 0 Å². The first-order valence-corrected chi connectivity index (χ1v) is 6.49. The molecule has 0 saturated heterocycles. The van der Waals surface area contributed by atoms with Crippen LogP contribution in [0.3, 0.4) is 0 Å². The van der Waals surface area contributed by atoms with Crippen LogP contribution in [0.5, 0.6) is 0 Å². The van der Waals surface area contributed by atoms with Crippen LogP contribution in [-0.2, 0) is 23.0 Å². The summed E-state index contributed by atoms with van der Waals surface area (Å²) in [6.45, 7) is 3.62. The number of esters is 1. The Morgan fingerprint density at radius 1 is 1.50 bits per heavy atom. The summed E-state index contributed by atoms with van der Waals surface area (Å²) in [5.74, 6) is -0.303. The number of rotatable bonds is 3. The highest BCUT2D eigenvalue weighted by atomic mass is 16.5. The smallest absolute Gasteiger partial charge is 0.310 e. The first kappa shape index (κ1) is 14.4. The maximum atomic E-state index is 11.6. The third kappa shape index (κ3) is 2.14. The largest absolute Gasteiger partial charge is 0.469 e. The molecule has 2 aromatic rings. The van der Waals surface area contributed by atoms with Crippen molar-refractivity contribution in [3.63, 3.8) is 0 Å².